The van der Waals surface area contributed by atoms with Crippen molar-refractivity contribution in [2.24, 2.45) is 5.92 Å². The summed E-state index contributed by atoms with van der Waals surface area (Å²) in [6, 6.07) is 12.2. The van der Waals surface area contributed by atoms with E-state index in [0.717, 1.165) is 5.39 Å². The zero-order valence-corrected chi connectivity index (χ0v) is 18.2. The molecular formula is C21H21BCl2N2O5. The molecule has 2 aromatic carbocycles. The normalized spacial score (nSPS) is 12.9. The van der Waals surface area contributed by atoms with Crippen molar-refractivity contribution >= 4 is 53.1 Å². The standard InChI is InChI=1S/C21H21BCl2N2O5/c1-12(20(27)25-10-13-6-7-15(23)9-17(13)24)21(28)26-19(22(29)30)8-14-11-31-18-5-3-2-4-16(14)18/h2-7,9,11-12,19,29-30H,8,10H2,1H3,(H,25,27)(H,26,28)/t12?,19-/m0/s1. The minimum atomic E-state index is -1.82. The second kappa shape index (κ2) is 10.2. The summed E-state index contributed by atoms with van der Waals surface area (Å²) in [7, 11) is -1.82. The molecule has 31 heavy (non-hydrogen) atoms. The van der Waals surface area contributed by atoms with E-state index in [-0.39, 0.29) is 13.0 Å². The Morgan fingerprint density at radius 2 is 1.84 bits per heavy atom. The number of nitrogens with one attached hydrogen (secondary N) is 2. The summed E-state index contributed by atoms with van der Waals surface area (Å²) in [6.07, 6.45) is 1.63. The summed E-state index contributed by atoms with van der Waals surface area (Å²) in [5, 5.41) is 26.4. The van der Waals surface area contributed by atoms with Gasteiger partial charge in [-0.2, -0.15) is 0 Å². The molecule has 0 saturated carbocycles. The SMILES string of the molecule is CC(C(=O)NCc1ccc(Cl)cc1Cl)C(=O)N[C@@H](Cc1coc2ccccc12)B(O)O. The van der Waals surface area contributed by atoms with Gasteiger partial charge in [-0.15, -0.1) is 0 Å². The second-order valence-electron chi connectivity index (χ2n) is 7.17. The summed E-state index contributed by atoms with van der Waals surface area (Å²) >= 11 is 11.9. The van der Waals surface area contributed by atoms with Crippen LogP contribution in [0.15, 0.2) is 53.1 Å². The van der Waals surface area contributed by atoms with Crippen LogP contribution in [0.5, 0.6) is 0 Å². The van der Waals surface area contributed by atoms with Gasteiger partial charge in [0.1, 0.15) is 11.5 Å². The van der Waals surface area contributed by atoms with Gasteiger partial charge in [0.05, 0.1) is 12.2 Å². The van der Waals surface area contributed by atoms with E-state index >= 15 is 0 Å². The molecule has 0 saturated heterocycles. The number of amides is 2. The number of halogens is 2. The number of rotatable bonds is 8. The Labute approximate surface area is 189 Å². The van der Waals surface area contributed by atoms with Gasteiger partial charge in [0.2, 0.25) is 11.8 Å². The van der Waals surface area contributed by atoms with Crippen molar-refractivity contribution in [3.63, 3.8) is 0 Å². The number of carbonyl (C=O) groups is 2. The largest absolute Gasteiger partial charge is 0.475 e. The highest BCUT2D eigenvalue weighted by Crippen LogP contribution is 2.22. The Kier molecular flexibility index (Phi) is 7.62. The van der Waals surface area contributed by atoms with Crippen LogP contribution < -0.4 is 10.6 Å². The van der Waals surface area contributed by atoms with Gasteiger partial charge in [0.15, 0.2) is 0 Å². The van der Waals surface area contributed by atoms with E-state index in [4.69, 9.17) is 27.6 Å². The number of hydrogen-bond donors (Lipinski definition) is 4. The average Bonchev–Trinajstić information content (AvgIpc) is 3.14. The first-order chi connectivity index (χ1) is 14.8. The Balaban J connectivity index is 1.61. The maximum Gasteiger partial charge on any atom is 0.475 e. The zero-order chi connectivity index (χ0) is 22.5. The minimum absolute atomic E-state index is 0.120. The Bertz CT molecular complexity index is 1090. The lowest BCUT2D eigenvalue weighted by Crippen LogP contribution is -2.51. The van der Waals surface area contributed by atoms with Crippen LogP contribution in [-0.2, 0) is 22.6 Å². The van der Waals surface area contributed by atoms with Crippen LogP contribution >= 0.6 is 23.2 Å². The van der Waals surface area contributed by atoms with Crippen LogP contribution in [0, 0.1) is 5.92 Å². The van der Waals surface area contributed by atoms with Gasteiger partial charge in [-0.25, -0.2) is 0 Å². The van der Waals surface area contributed by atoms with Crippen LogP contribution in [0.25, 0.3) is 11.0 Å². The van der Waals surface area contributed by atoms with Gasteiger partial charge < -0.3 is 25.1 Å². The molecule has 1 unspecified atom stereocenters. The summed E-state index contributed by atoms with van der Waals surface area (Å²) in [6.45, 7) is 1.56. The predicted molar refractivity (Wildman–Crippen MR) is 120 cm³/mol. The first-order valence-corrected chi connectivity index (χ1v) is 10.3. The molecule has 0 radical (unpaired) electrons. The molecule has 2 amide bonds. The molecule has 0 aliphatic heterocycles. The van der Waals surface area contributed by atoms with Crippen molar-refractivity contribution in [2.45, 2.75) is 25.8 Å². The zero-order valence-electron chi connectivity index (χ0n) is 16.6. The van der Waals surface area contributed by atoms with Gasteiger partial charge in [-0.1, -0.05) is 47.5 Å². The van der Waals surface area contributed by atoms with Crippen LogP contribution in [0.4, 0.5) is 0 Å². The Hall–Kier alpha value is -2.52. The van der Waals surface area contributed by atoms with E-state index in [1.54, 1.807) is 24.3 Å². The molecule has 0 aliphatic rings. The molecular weight excluding hydrogens is 442 g/mol. The summed E-state index contributed by atoms with van der Waals surface area (Å²) in [5.74, 6) is -3.24. The fraction of sp³-hybridized carbons (Fsp3) is 0.238. The molecule has 7 nitrogen and oxygen atoms in total. The molecule has 162 valence electrons. The van der Waals surface area contributed by atoms with Gasteiger partial charge in [-0.3, -0.25) is 9.59 Å². The van der Waals surface area contributed by atoms with E-state index in [9.17, 15) is 19.6 Å². The van der Waals surface area contributed by atoms with Crippen LogP contribution in [0.1, 0.15) is 18.1 Å². The van der Waals surface area contributed by atoms with E-state index in [2.05, 4.69) is 10.6 Å². The fourth-order valence-corrected chi connectivity index (χ4v) is 3.56. The molecule has 0 bridgehead atoms. The molecule has 2 atom stereocenters. The van der Waals surface area contributed by atoms with Crippen LogP contribution in [0.3, 0.4) is 0 Å². The van der Waals surface area contributed by atoms with Crippen molar-refractivity contribution in [1.82, 2.24) is 10.6 Å². The highest BCUT2D eigenvalue weighted by Gasteiger charge is 2.30. The van der Waals surface area contributed by atoms with Gasteiger partial charge in [-0.05, 0) is 42.7 Å². The topological polar surface area (TPSA) is 112 Å². The van der Waals surface area contributed by atoms with E-state index in [1.807, 2.05) is 18.2 Å². The number of hydrogen-bond acceptors (Lipinski definition) is 5. The summed E-state index contributed by atoms with van der Waals surface area (Å²) in [5.41, 5.74) is 2.02. The summed E-state index contributed by atoms with van der Waals surface area (Å²) < 4.78 is 5.45. The quantitative estimate of drug-likeness (QED) is 0.303. The monoisotopic (exact) mass is 462 g/mol. The van der Waals surface area contributed by atoms with Gasteiger partial charge in [0, 0.05) is 22.0 Å². The second-order valence-corrected chi connectivity index (χ2v) is 8.01. The molecule has 0 aliphatic carbocycles. The smallest absolute Gasteiger partial charge is 0.464 e. The van der Waals surface area contributed by atoms with E-state index < -0.39 is 30.8 Å². The van der Waals surface area contributed by atoms with Crippen molar-refractivity contribution in [1.29, 1.82) is 0 Å². The number of para-hydroxylation sites is 1. The lowest BCUT2D eigenvalue weighted by atomic mass is 9.75. The molecule has 0 fully saturated rings. The molecule has 3 aromatic rings. The summed E-state index contributed by atoms with van der Waals surface area (Å²) in [4.78, 5) is 25.0. The van der Waals surface area contributed by atoms with Gasteiger partial charge in [0.25, 0.3) is 0 Å². The van der Waals surface area contributed by atoms with E-state index in [0.29, 0.717) is 26.8 Å². The molecule has 10 heteroatoms. The van der Waals surface area contributed by atoms with E-state index in [1.165, 1.54) is 13.2 Å². The lowest BCUT2D eigenvalue weighted by molar-refractivity contribution is -0.134. The third-order valence-electron chi connectivity index (χ3n) is 4.94. The third-order valence-corrected chi connectivity index (χ3v) is 5.53. The fourth-order valence-electron chi connectivity index (χ4n) is 3.09. The highest BCUT2D eigenvalue weighted by atomic mass is 35.5. The molecule has 1 heterocycles. The van der Waals surface area contributed by atoms with Crippen molar-refractivity contribution in [3.05, 3.63) is 69.9 Å². The number of benzene rings is 2. The van der Waals surface area contributed by atoms with Crippen LogP contribution in [0.2, 0.25) is 10.0 Å². The molecule has 1 aromatic heterocycles. The number of furan rings is 1. The van der Waals surface area contributed by atoms with Crippen molar-refractivity contribution in [2.75, 3.05) is 0 Å². The Morgan fingerprint density at radius 3 is 2.55 bits per heavy atom. The first-order valence-electron chi connectivity index (χ1n) is 9.59. The average molecular weight is 463 g/mol. The molecule has 4 N–H and O–H groups in total. The number of carbonyl (C=O) groups excluding carboxylic acids is 2. The van der Waals surface area contributed by atoms with Crippen molar-refractivity contribution in [3.8, 4) is 0 Å². The number of fused-ring (bicyclic) bond motifs is 1. The van der Waals surface area contributed by atoms with Crippen molar-refractivity contribution < 1.29 is 24.1 Å². The van der Waals surface area contributed by atoms with Crippen LogP contribution in [-0.4, -0.2) is 34.9 Å². The predicted octanol–water partition coefficient (Wildman–Crippen LogP) is 2.73. The Morgan fingerprint density at radius 1 is 1.10 bits per heavy atom. The first kappa shape index (κ1) is 23.2. The maximum absolute atomic E-state index is 12.6. The molecule has 3 rings (SSSR count). The van der Waals surface area contributed by atoms with Gasteiger partial charge >= 0.3 is 7.12 Å². The third kappa shape index (κ3) is 5.80. The molecule has 0 spiro atoms. The minimum Gasteiger partial charge on any atom is -0.464 e. The lowest BCUT2D eigenvalue weighted by Gasteiger charge is -2.20. The maximum atomic E-state index is 12.6. The highest BCUT2D eigenvalue weighted by molar-refractivity contribution is 6.43.